The molecule has 0 unspecified atom stereocenters. The predicted molar refractivity (Wildman–Crippen MR) is 105 cm³/mol. The zero-order valence-electron chi connectivity index (χ0n) is 13.7. The Morgan fingerprint density at radius 3 is 2.44 bits per heavy atom. The van der Waals surface area contributed by atoms with Gasteiger partial charge in [0.1, 0.15) is 0 Å². The number of aromatic nitrogens is 1. The first-order valence-corrected chi connectivity index (χ1v) is 8.83. The second kappa shape index (κ2) is 6.49. The maximum absolute atomic E-state index is 11.1. The molecule has 0 bridgehead atoms. The molecule has 2 heterocycles. The molecule has 4 rings (SSSR count). The van der Waals surface area contributed by atoms with Crippen molar-refractivity contribution in [1.29, 1.82) is 0 Å². The number of rotatable bonds is 4. The molecular weight excluding hydrogens is 328 g/mol. The van der Waals surface area contributed by atoms with Gasteiger partial charge in [0.05, 0.1) is 27.2 Å². The number of carbonyl (C=O) groups is 1. The third-order valence-corrected chi connectivity index (χ3v) is 5.31. The quantitative estimate of drug-likeness (QED) is 0.474. The lowest BCUT2D eigenvalue weighted by Crippen LogP contribution is -1.93. The van der Waals surface area contributed by atoms with Crippen LogP contribution in [0.15, 0.2) is 66.9 Å². The van der Waals surface area contributed by atoms with Gasteiger partial charge in [-0.25, -0.2) is 0 Å². The molecule has 0 fully saturated rings. The zero-order valence-corrected chi connectivity index (χ0v) is 14.5. The zero-order chi connectivity index (χ0) is 17.2. The Balaban J connectivity index is 1.66. The van der Waals surface area contributed by atoms with Gasteiger partial charge in [0, 0.05) is 11.1 Å². The van der Waals surface area contributed by atoms with E-state index in [0.717, 1.165) is 33.4 Å². The van der Waals surface area contributed by atoms with Crippen LogP contribution in [-0.2, 0) is 0 Å². The second-order valence-corrected chi connectivity index (χ2v) is 6.92. The summed E-state index contributed by atoms with van der Waals surface area (Å²) in [6, 6.07) is 20.5. The molecule has 2 aromatic heterocycles. The number of aldehydes is 1. The maximum Gasteiger partial charge on any atom is 0.160 e. The number of aryl methyl sites for hydroxylation is 1. The molecule has 0 aliphatic heterocycles. The molecule has 0 aliphatic rings. The van der Waals surface area contributed by atoms with Crippen LogP contribution in [0.3, 0.4) is 0 Å². The van der Waals surface area contributed by atoms with Crippen LogP contribution in [0.4, 0.5) is 11.4 Å². The van der Waals surface area contributed by atoms with Crippen LogP contribution in [0.25, 0.3) is 21.2 Å². The molecule has 0 atom stereocenters. The number of thiophene rings is 1. The van der Waals surface area contributed by atoms with E-state index in [9.17, 15) is 4.79 Å². The van der Waals surface area contributed by atoms with E-state index in [1.807, 2.05) is 37.4 Å². The molecule has 0 spiro atoms. The molecule has 122 valence electrons. The SMILES string of the molecule is Cc1ncc(Nc2ccc(-c3ccccc3)cc2)c2cc(C=O)sc12. The van der Waals surface area contributed by atoms with Gasteiger partial charge in [0.15, 0.2) is 6.29 Å². The van der Waals surface area contributed by atoms with Crippen molar-refractivity contribution in [1.82, 2.24) is 4.98 Å². The van der Waals surface area contributed by atoms with E-state index >= 15 is 0 Å². The number of nitrogens with one attached hydrogen (secondary N) is 1. The number of anilines is 2. The Bertz CT molecular complexity index is 1040. The van der Waals surface area contributed by atoms with Crippen molar-refractivity contribution in [2.24, 2.45) is 0 Å². The van der Waals surface area contributed by atoms with Crippen LogP contribution in [0.2, 0.25) is 0 Å². The molecule has 3 nitrogen and oxygen atoms in total. The molecular formula is C21H16N2OS. The number of nitrogens with zero attached hydrogens (tertiary/aromatic N) is 1. The lowest BCUT2D eigenvalue weighted by atomic mass is 10.1. The van der Waals surface area contributed by atoms with E-state index in [0.29, 0.717) is 4.88 Å². The fourth-order valence-electron chi connectivity index (χ4n) is 2.86. The number of hydrogen-bond acceptors (Lipinski definition) is 4. The maximum atomic E-state index is 11.1. The van der Waals surface area contributed by atoms with Crippen LogP contribution in [0.1, 0.15) is 15.4 Å². The molecule has 0 radical (unpaired) electrons. The monoisotopic (exact) mass is 344 g/mol. The van der Waals surface area contributed by atoms with Crippen molar-refractivity contribution in [3.63, 3.8) is 0 Å². The van der Waals surface area contributed by atoms with E-state index in [2.05, 4.69) is 46.7 Å². The number of carbonyl (C=O) groups excluding carboxylic acids is 1. The van der Waals surface area contributed by atoms with Gasteiger partial charge in [-0.3, -0.25) is 9.78 Å². The minimum absolute atomic E-state index is 0.716. The average Bonchev–Trinajstić information content (AvgIpc) is 3.11. The Morgan fingerprint density at radius 2 is 1.72 bits per heavy atom. The highest BCUT2D eigenvalue weighted by Crippen LogP contribution is 2.34. The van der Waals surface area contributed by atoms with Crippen molar-refractivity contribution >= 4 is 39.1 Å². The second-order valence-electron chi connectivity index (χ2n) is 5.84. The molecule has 4 aromatic rings. The van der Waals surface area contributed by atoms with E-state index in [-0.39, 0.29) is 0 Å². The first kappa shape index (κ1) is 15.5. The minimum Gasteiger partial charge on any atom is -0.354 e. The summed E-state index contributed by atoms with van der Waals surface area (Å²) < 4.78 is 1.05. The Labute approximate surface area is 150 Å². The summed E-state index contributed by atoms with van der Waals surface area (Å²) in [5.41, 5.74) is 5.22. The molecule has 1 N–H and O–H groups in total. The van der Waals surface area contributed by atoms with Crippen LogP contribution in [-0.4, -0.2) is 11.3 Å². The average molecular weight is 344 g/mol. The number of hydrogen-bond donors (Lipinski definition) is 1. The van der Waals surface area contributed by atoms with Gasteiger partial charge in [-0.2, -0.15) is 0 Å². The highest BCUT2D eigenvalue weighted by Gasteiger charge is 2.10. The largest absolute Gasteiger partial charge is 0.354 e. The minimum atomic E-state index is 0.716. The number of pyridine rings is 1. The fourth-order valence-corrected chi connectivity index (χ4v) is 3.80. The predicted octanol–water partition coefficient (Wildman–Crippen LogP) is 5.83. The van der Waals surface area contributed by atoms with Crippen molar-refractivity contribution in [2.45, 2.75) is 6.92 Å². The summed E-state index contributed by atoms with van der Waals surface area (Å²) in [4.78, 5) is 16.3. The van der Waals surface area contributed by atoms with Crippen molar-refractivity contribution in [3.05, 3.63) is 77.4 Å². The molecule has 25 heavy (non-hydrogen) atoms. The lowest BCUT2D eigenvalue weighted by molar-refractivity contribution is 0.112. The third kappa shape index (κ3) is 3.04. The standard InChI is InChI=1S/C21H16N2OS/c1-14-21-19(11-18(13-24)25-21)20(12-22-14)23-17-9-7-16(8-10-17)15-5-3-2-4-6-15/h2-13,23H,1H3. The van der Waals surface area contributed by atoms with Gasteiger partial charge in [-0.15, -0.1) is 11.3 Å². The van der Waals surface area contributed by atoms with Gasteiger partial charge in [0.25, 0.3) is 0 Å². The van der Waals surface area contributed by atoms with Crippen LogP contribution >= 0.6 is 11.3 Å². The first-order valence-electron chi connectivity index (χ1n) is 8.01. The summed E-state index contributed by atoms with van der Waals surface area (Å²) >= 11 is 1.48. The fraction of sp³-hybridized carbons (Fsp3) is 0.0476. The first-order chi connectivity index (χ1) is 12.2. The Kier molecular flexibility index (Phi) is 4.04. The third-order valence-electron chi connectivity index (χ3n) is 4.14. The van der Waals surface area contributed by atoms with Gasteiger partial charge in [-0.05, 0) is 36.2 Å². The summed E-state index contributed by atoms with van der Waals surface area (Å²) in [7, 11) is 0. The molecule has 0 amide bonds. The van der Waals surface area contributed by atoms with Gasteiger partial charge in [-0.1, -0.05) is 42.5 Å². The topological polar surface area (TPSA) is 42.0 Å². The summed E-state index contributed by atoms with van der Waals surface area (Å²) in [5.74, 6) is 0. The summed E-state index contributed by atoms with van der Waals surface area (Å²) in [6.45, 7) is 1.96. The normalized spacial score (nSPS) is 10.8. The summed E-state index contributed by atoms with van der Waals surface area (Å²) in [5, 5.41) is 4.45. The Morgan fingerprint density at radius 1 is 1.00 bits per heavy atom. The smallest absolute Gasteiger partial charge is 0.160 e. The van der Waals surface area contributed by atoms with E-state index in [4.69, 9.17) is 0 Å². The molecule has 0 saturated carbocycles. The lowest BCUT2D eigenvalue weighted by Gasteiger charge is -2.09. The van der Waals surface area contributed by atoms with Crippen molar-refractivity contribution < 1.29 is 4.79 Å². The van der Waals surface area contributed by atoms with Crippen LogP contribution in [0, 0.1) is 6.92 Å². The van der Waals surface area contributed by atoms with E-state index in [1.165, 1.54) is 22.5 Å². The number of fused-ring (bicyclic) bond motifs is 1. The number of benzene rings is 2. The molecule has 0 aliphatic carbocycles. The highest BCUT2D eigenvalue weighted by atomic mass is 32.1. The molecule has 4 heteroatoms. The highest BCUT2D eigenvalue weighted by molar-refractivity contribution is 7.20. The Hall–Kier alpha value is -2.98. The van der Waals surface area contributed by atoms with E-state index in [1.54, 1.807) is 0 Å². The van der Waals surface area contributed by atoms with Crippen LogP contribution < -0.4 is 5.32 Å². The van der Waals surface area contributed by atoms with Gasteiger partial charge < -0.3 is 5.32 Å². The molecule has 2 aromatic carbocycles. The van der Waals surface area contributed by atoms with Crippen LogP contribution in [0.5, 0.6) is 0 Å². The van der Waals surface area contributed by atoms with Crippen molar-refractivity contribution in [2.75, 3.05) is 5.32 Å². The summed E-state index contributed by atoms with van der Waals surface area (Å²) in [6.07, 6.45) is 2.71. The van der Waals surface area contributed by atoms with E-state index < -0.39 is 0 Å². The van der Waals surface area contributed by atoms with Crippen molar-refractivity contribution in [3.8, 4) is 11.1 Å². The molecule has 0 saturated heterocycles. The van der Waals surface area contributed by atoms with Gasteiger partial charge in [0.2, 0.25) is 0 Å². The van der Waals surface area contributed by atoms with Gasteiger partial charge >= 0.3 is 0 Å².